The molecule has 2 fully saturated rings. The van der Waals surface area contributed by atoms with Gasteiger partial charge in [0.1, 0.15) is 17.3 Å². The Kier molecular flexibility index (Phi) is 8.39. The highest BCUT2D eigenvalue weighted by Gasteiger charge is 2.40. The van der Waals surface area contributed by atoms with Crippen LogP contribution in [0.4, 0.5) is 5.69 Å². The van der Waals surface area contributed by atoms with Crippen molar-refractivity contribution in [3.8, 4) is 5.69 Å². The number of rotatable bonds is 7. The Labute approximate surface area is 250 Å². The number of anilines is 1. The van der Waals surface area contributed by atoms with E-state index in [0.29, 0.717) is 37.9 Å². The first-order valence-corrected chi connectivity index (χ1v) is 15.4. The monoisotopic (exact) mass is 621 g/mol. The molecule has 1 aromatic heterocycles. The Morgan fingerprint density at radius 3 is 2.51 bits per heavy atom. The predicted molar refractivity (Wildman–Crippen MR) is 163 cm³/mol. The topological polar surface area (TPSA) is 100 Å². The molecule has 1 aliphatic carbocycles. The largest absolute Gasteiger partial charge is 0.383 e. The van der Waals surface area contributed by atoms with E-state index in [-0.39, 0.29) is 23.7 Å². The summed E-state index contributed by atoms with van der Waals surface area (Å²) in [6, 6.07) is 11.3. The molecule has 218 valence electrons. The molecule has 1 saturated heterocycles. The minimum absolute atomic E-state index is 0.0577. The number of piperidine rings is 1. The fourth-order valence-corrected chi connectivity index (χ4v) is 6.90. The fraction of sp³-hybridized carbons (Fsp3) is 0.500. The zero-order chi connectivity index (χ0) is 29.4. The van der Waals surface area contributed by atoms with E-state index in [1.165, 1.54) is 0 Å². The molecule has 1 unspecified atom stereocenters. The maximum atomic E-state index is 13.4. The molecule has 0 radical (unpaired) electrons. The van der Waals surface area contributed by atoms with Crippen LogP contribution in [0, 0.1) is 19.3 Å². The first-order chi connectivity index (χ1) is 19.5. The SMILES string of the molecule is Cc1cc(Br)cc(C)c1N1CCCC(NC(=O)CCc2ccccc2-n2cc(C3(O)CCC(C)(C)CC3)nn2)C1=O. The van der Waals surface area contributed by atoms with Crippen molar-refractivity contribution in [2.45, 2.75) is 90.7 Å². The highest BCUT2D eigenvalue weighted by atomic mass is 79.9. The van der Waals surface area contributed by atoms with Crippen LogP contribution in [0.3, 0.4) is 0 Å². The molecule has 5 rings (SSSR count). The van der Waals surface area contributed by atoms with Gasteiger partial charge < -0.3 is 15.3 Å². The second-order valence-corrected chi connectivity index (χ2v) is 13.4. The quantitative estimate of drug-likeness (QED) is 0.353. The normalized spacial score (nSPS) is 20.2. The maximum Gasteiger partial charge on any atom is 0.249 e. The Morgan fingerprint density at radius 1 is 1.12 bits per heavy atom. The third-order valence-electron chi connectivity index (χ3n) is 8.76. The second kappa shape index (κ2) is 11.7. The smallest absolute Gasteiger partial charge is 0.249 e. The summed E-state index contributed by atoms with van der Waals surface area (Å²) in [5, 5.41) is 23.0. The Morgan fingerprint density at radius 2 is 1.80 bits per heavy atom. The van der Waals surface area contributed by atoms with Crippen LogP contribution < -0.4 is 10.2 Å². The van der Waals surface area contributed by atoms with Crippen LogP contribution in [0.2, 0.25) is 0 Å². The number of nitrogens with zero attached hydrogens (tertiary/aromatic N) is 4. The van der Waals surface area contributed by atoms with Crippen molar-refractivity contribution in [3.05, 3.63) is 69.5 Å². The minimum atomic E-state index is -0.962. The average Bonchev–Trinajstić information content (AvgIpc) is 3.42. The molecule has 2 aromatic carbocycles. The van der Waals surface area contributed by atoms with Gasteiger partial charge in [0, 0.05) is 23.1 Å². The molecule has 0 bridgehead atoms. The number of carbonyl (C=O) groups is 2. The van der Waals surface area contributed by atoms with Gasteiger partial charge in [-0.2, -0.15) is 0 Å². The summed E-state index contributed by atoms with van der Waals surface area (Å²) in [7, 11) is 0. The van der Waals surface area contributed by atoms with E-state index >= 15 is 0 Å². The van der Waals surface area contributed by atoms with E-state index in [2.05, 4.69) is 45.4 Å². The zero-order valence-electron chi connectivity index (χ0n) is 24.4. The lowest BCUT2D eigenvalue weighted by atomic mass is 9.70. The first-order valence-electron chi connectivity index (χ1n) is 14.6. The molecule has 2 aliphatic rings. The maximum absolute atomic E-state index is 13.4. The van der Waals surface area contributed by atoms with Crippen LogP contribution in [-0.4, -0.2) is 44.5 Å². The molecule has 2 heterocycles. The number of hydrogen-bond donors (Lipinski definition) is 2. The number of benzene rings is 2. The van der Waals surface area contributed by atoms with Crippen molar-refractivity contribution in [1.29, 1.82) is 0 Å². The molecule has 1 aliphatic heterocycles. The van der Waals surface area contributed by atoms with Crippen LogP contribution in [0.15, 0.2) is 47.1 Å². The Bertz CT molecular complexity index is 1420. The van der Waals surface area contributed by atoms with Crippen LogP contribution in [-0.2, 0) is 21.6 Å². The van der Waals surface area contributed by atoms with Crippen molar-refractivity contribution < 1.29 is 14.7 Å². The number of aromatic nitrogens is 3. The number of carbonyl (C=O) groups excluding carboxylic acids is 2. The highest BCUT2D eigenvalue weighted by Crippen LogP contribution is 2.44. The lowest BCUT2D eigenvalue weighted by molar-refractivity contribution is -0.128. The van der Waals surface area contributed by atoms with Crippen LogP contribution in [0.25, 0.3) is 5.69 Å². The zero-order valence-corrected chi connectivity index (χ0v) is 26.0. The van der Waals surface area contributed by atoms with E-state index in [1.54, 1.807) is 4.68 Å². The van der Waals surface area contributed by atoms with E-state index in [4.69, 9.17) is 0 Å². The molecule has 1 saturated carbocycles. The van der Waals surface area contributed by atoms with Crippen molar-refractivity contribution in [2.24, 2.45) is 5.41 Å². The van der Waals surface area contributed by atoms with Gasteiger partial charge in [0.2, 0.25) is 11.8 Å². The van der Waals surface area contributed by atoms with Crippen molar-refractivity contribution >= 4 is 33.4 Å². The molecule has 2 amide bonds. The van der Waals surface area contributed by atoms with Crippen molar-refractivity contribution in [1.82, 2.24) is 20.3 Å². The molecular formula is C32H40BrN5O3. The number of amides is 2. The second-order valence-electron chi connectivity index (χ2n) is 12.5. The molecule has 0 spiro atoms. The number of aryl methyl sites for hydroxylation is 3. The predicted octanol–water partition coefficient (Wildman–Crippen LogP) is 5.68. The molecule has 8 nitrogen and oxygen atoms in total. The van der Waals surface area contributed by atoms with Gasteiger partial charge in [0.25, 0.3) is 0 Å². The van der Waals surface area contributed by atoms with E-state index in [1.807, 2.05) is 61.3 Å². The summed E-state index contributed by atoms with van der Waals surface area (Å²) >= 11 is 3.53. The lowest BCUT2D eigenvalue weighted by Crippen LogP contribution is -2.52. The van der Waals surface area contributed by atoms with Gasteiger partial charge in [-0.3, -0.25) is 9.59 Å². The fourth-order valence-electron chi connectivity index (χ4n) is 6.21. The highest BCUT2D eigenvalue weighted by molar-refractivity contribution is 9.10. The van der Waals surface area contributed by atoms with Gasteiger partial charge >= 0.3 is 0 Å². The average molecular weight is 623 g/mol. The molecular weight excluding hydrogens is 582 g/mol. The molecule has 2 N–H and O–H groups in total. The summed E-state index contributed by atoms with van der Waals surface area (Å²) in [6.07, 6.45) is 7.22. The molecule has 3 aromatic rings. The lowest BCUT2D eigenvalue weighted by Gasteiger charge is -2.38. The number of halogens is 1. The summed E-state index contributed by atoms with van der Waals surface area (Å²) in [5.41, 5.74) is 4.64. The number of hydrogen-bond acceptors (Lipinski definition) is 5. The van der Waals surface area contributed by atoms with Gasteiger partial charge in [-0.25, -0.2) is 4.68 Å². The van der Waals surface area contributed by atoms with E-state index in [9.17, 15) is 14.7 Å². The minimum Gasteiger partial charge on any atom is -0.383 e. The first kappa shape index (κ1) is 29.5. The molecule has 41 heavy (non-hydrogen) atoms. The van der Waals surface area contributed by atoms with Gasteiger partial charge in [0.05, 0.1) is 11.9 Å². The summed E-state index contributed by atoms with van der Waals surface area (Å²) in [4.78, 5) is 28.3. The standard InChI is InChI=1S/C32H40BrN5O3/c1-21-18-24(33)19-22(2)29(21)37-17-7-9-25(30(37)40)34-28(39)12-11-23-8-5-6-10-26(23)38-20-27(35-36-38)32(41)15-13-31(3,4)14-16-32/h5-6,8,10,18-20,25,41H,7,9,11-17H2,1-4H3,(H,34,39). The van der Waals surface area contributed by atoms with Gasteiger partial charge in [0.15, 0.2) is 0 Å². The summed E-state index contributed by atoms with van der Waals surface area (Å²) in [5.74, 6) is -0.208. The number of aliphatic hydroxyl groups is 1. The van der Waals surface area contributed by atoms with Crippen LogP contribution in [0.1, 0.15) is 81.2 Å². The van der Waals surface area contributed by atoms with Gasteiger partial charge in [-0.15, -0.1) is 5.10 Å². The third kappa shape index (κ3) is 6.41. The van der Waals surface area contributed by atoms with Gasteiger partial charge in [-0.1, -0.05) is 53.2 Å². The summed E-state index contributed by atoms with van der Waals surface area (Å²) < 4.78 is 2.69. The van der Waals surface area contributed by atoms with Crippen molar-refractivity contribution in [3.63, 3.8) is 0 Å². The van der Waals surface area contributed by atoms with Crippen LogP contribution in [0.5, 0.6) is 0 Å². The number of nitrogens with one attached hydrogen (secondary N) is 1. The van der Waals surface area contributed by atoms with Gasteiger partial charge in [-0.05, 0) is 99.1 Å². The Balaban J connectivity index is 1.24. The Hall–Kier alpha value is -3.04. The van der Waals surface area contributed by atoms with Crippen molar-refractivity contribution in [2.75, 3.05) is 11.4 Å². The van der Waals surface area contributed by atoms with E-state index < -0.39 is 11.6 Å². The van der Waals surface area contributed by atoms with E-state index in [0.717, 1.165) is 51.8 Å². The molecule has 1 atom stereocenters. The van der Waals surface area contributed by atoms with Crippen LogP contribution >= 0.6 is 15.9 Å². The number of para-hydroxylation sites is 1. The summed E-state index contributed by atoms with van der Waals surface area (Å²) in [6.45, 7) is 9.14. The molecule has 9 heteroatoms. The third-order valence-corrected chi connectivity index (χ3v) is 9.22.